The number of ether oxygens (including phenoxy) is 1. The first-order valence-electron chi connectivity index (χ1n) is 5.74. The molecule has 4 heteroatoms. The molecular weight excluding hydrogens is 206 g/mol. The first-order valence-corrected chi connectivity index (χ1v) is 5.74. The summed E-state index contributed by atoms with van der Waals surface area (Å²) in [6.07, 6.45) is 4.98. The highest BCUT2D eigenvalue weighted by Gasteiger charge is 2.17. The molecule has 0 atom stereocenters. The van der Waals surface area contributed by atoms with Crippen LogP contribution in [0, 0.1) is 5.92 Å². The Bertz CT molecular complexity index is 353. The number of aromatic nitrogens is 1. The SMILES string of the molecule is CC(=O)Cc1coc(CC2CCOCC2)n1. The van der Waals surface area contributed by atoms with E-state index >= 15 is 0 Å². The Morgan fingerprint density at radius 2 is 2.25 bits per heavy atom. The molecule has 0 radical (unpaired) electrons. The monoisotopic (exact) mass is 223 g/mol. The van der Waals surface area contributed by atoms with Gasteiger partial charge in [-0.15, -0.1) is 0 Å². The second kappa shape index (κ2) is 5.25. The molecule has 4 nitrogen and oxygen atoms in total. The maximum Gasteiger partial charge on any atom is 0.194 e. The zero-order valence-electron chi connectivity index (χ0n) is 9.57. The molecule has 0 spiro atoms. The maximum absolute atomic E-state index is 10.9. The van der Waals surface area contributed by atoms with E-state index in [1.807, 2.05) is 0 Å². The van der Waals surface area contributed by atoms with Gasteiger partial charge in [-0.3, -0.25) is 4.79 Å². The number of carbonyl (C=O) groups excluding carboxylic acids is 1. The molecule has 0 aliphatic carbocycles. The largest absolute Gasteiger partial charge is 0.449 e. The third-order valence-corrected chi connectivity index (χ3v) is 2.83. The van der Waals surface area contributed by atoms with Crippen molar-refractivity contribution in [1.82, 2.24) is 4.98 Å². The van der Waals surface area contributed by atoms with Gasteiger partial charge < -0.3 is 9.15 Å². The first kappa shape index (κ1) is 11.3. The molecular formula is C12H17NO3. The Balaban J connectivity index is 1.88. The Labute approximate surface area is 95.0 Å². The van der Waals surface area contributed by atoms with Gasteiger partial charge in [0, 0.05) is 19.6 Å². The van der Waals surface area contributed by atoms with E-state index in [0.29, 0.717) is 12.3 Å². The van der Waals surface area contributed by atoms with E-state index in [9.17, 15) is 4.79 Å². The molecule has 88 valence electrons. The number of Topliss-reactive ketones (excluding diaryl/α,β-unsaturated/α-hetero) is 1. The van der Waals surface area contributed by atoms with Crippen LogP contribution < -0.4 is 0 Å². The van der Waals surface area contributed by atoms with Crippen LogP contribution in [0.5, 0.6) is 0 Å². The maximum atomic E-state index is 10.9. The van der Waals surface area contributed by atoms with Gasteiger partial charge in [-0.2, -0.15) is 0 Å². The molecule has 1 aliphatic rings. The van der Waals surface area contributed by atoms with Crippen LogP contribution in [0.1, 0.15) is 31.4 Å². The number of hydrogen-bond donors (Lipinski definition) is 0. The second-order valence-corrected chi connectivity index (χ2v) is 4.37. The quantitative estimate of drug-likeness (QED) is 0.780. The van der Waals surface area contributed by atoms with E-state index in [1.54, 1.807) is 13.2 Å². The van der Waals surface area contributed by atoms with E-state index in [1.165, 1.54) is 0 Å². The van der Waals surface area contributed by atoms with Gasteiger partial charge in [0.15, 0.2) is 5.89 Å². The van der Waals surface area contributed by atoms with Gasteiger partial charge in [-0.05, 0) is 25.7 Å². The Hall–Kier alpha value is -1.16. The van der Waals surface area contributed by atoms with Gasteiger partial charge in [0.2, 0.25) is 0 Å². The zero-order valence-corrected chi connectivity index (χ0v) is 9.57. The van der Waals surface area contributed by atoms with Crippen LogP contribution in [0.2, 0.25) is 0 Å². The third kappa shape index (κ3) is 3.17. The third-order valence-electron chi connectivity index (χ3n) is 2.83. The summed E-state index contributed by atoms with van der Waals surface area (Å²) >= 11 is 0. The van der Waals surface area contributed by atoms with Crippen LogP contribution >= 0.6 is 0 Å². The fraction of sp³-hybridized carbons (Fsp3) is 0.667. The van der Waals surface area contributed by atoms with Crippen LogP contribution in [-0.2, 0) is 22.4 Å². The number of carbonyl (C=O) groups is 1. The average Bonchev–Trinajstić information content (AvgIpc) is 2.66. The molecule has 2 heterocycles. The van der Waals surface area contributed by atoms with Crippen LogP contribution in [0.25, 0.3) is 0 Å². The minimum atomic E-state index is 0.117. The highest BCUT2D eigenvalue weighted by Crippen LogP contribution is 2.19. The van der Waals surface area contributed by atoms with Crippen molar-refractivity contribution in [1.29, 1.82) is 0 Å². The second-order valence-electron chi connectivity index (χ2n) is 4.37. The molecule has 1 saturated heterocycles. The number of nitrogens with zero attached hydrogens (tertiary/aromatic N) is 1. The molecule has 0 bridgehead atoms. The van der Waals surface area contributed by atoms with Gasteiger partial charge in [0.05, 0.1) is 12.1 Å². The van der Waals surface area contributed by atoms with Crippen LogP contribution in [0.15, 0.2) is 10.7 Å². The number of ketones is 1. The minimum absolute atomic E-state index is 0.117. The summed E-state index contributed by atoms with van der Waals surface area (Å²) in [4.78, 5) is 15.2. The summed E-state index contributed by atoms with van der Waals surface area (Å²) in [6.45, 7) is 3.24. The summed E-state index contributed by atoms with van der Waals surface area (Å²) < 4.78 is 10.7. The van der Waals surface area contributed by atoms with Crippen molar-refractivity contribution in [3.63, 3.8) is 0 Å². The number of oxazole rings is 1. The van der Waals surface area contributed by atoms with Crippen LogP contribution in [0.3, 0.4) is 0 Å². The predicted octanol–water partition coefficient (Wildman–Crippen LogP) is 1.78. The lowest BCUT2D eigenvalue weighted by atomic mass is 9.97. The normalized spacial score (nSPS) is 17.6. The van der Waals surface area contributed by atoms with Crippen molar-refractivity contribution in [2.75, 3.05) is 13.2 Å². The smallest absolute Gasteiger partial charge is 0.194 e. The standard InChI is InChI=1S/C12H17NO3/c1-9(14)6-11-8-16-12(13-11)7-10-2-4-15-5-3-10/h8,10H,2-7H2,1H3. The lowest BCUT2D eigenvalue weighted by Crippen LogP contribution is -2.17. The number of rotatable bonds is 4. The molecule has 1 aromatic heterocycles. The van der Waals surface area contributed by atoms with E-state index in [-0.39, 0.29) is 5.78 Å². The van der Waals surface area contributed by atoms with Crippen molar-refractivity contribution in [2.45, 2.75) is 32.6 Å². The predicted molar refractivity (Wildman–Crippen MR) is 58.1 cm³/mol. The van der Waals surface area contributed by atoms with Crippen molar-refractivity contribution in [2.24, 2.45) is 5.92 Å². The van der Waals surface area contributed by atoms with Crippen molar-refractivity contribution >= 4 is 5.78 Å². The first-order chi connectivity index (χ1) is 7.74. The van der Waals surface area contributed by atoms with Crippen molar-refractivity contribution < 1.29 is 13.9 Å². The Morgan fingerprint density at radius 1 is 1.50 bits per heavy atom. The minimum Gasteiger partial charge on any atom is -0.449 e. The molecule has 2 rings (SSSR count). The zero-order chi connectivity index (χ0) is 11.4. The van der Waals surface area contributed by atoms with Gasteiger partial charge in [0.25, 0.3) is 0 Å². The molecule has 1 fully saturated rings. The van der Waals surface area contributed by atoms with Gasteiger partial charge >= 0.3 is 0 Å². The summed E-state index contributed by atoms with van der Waals surface area (Å²) in [5.41, 5.74) is 0.745. The van der Waals surface area contributed by atoms with Gasteiger partial charge in [-0.25, -0.2) is 4.98 Å². The molecule has 16 heavy (non-hydrogen) atoms. The van der Waals surface area contributed by atoms with E-state index < -0.39 is 0 Å². The van der Waals surface area contributed by atoms with Gasteiger partial charge in [0.1, 0.15) is 12.0 Å². The highest BCUT2D eigenvalue weighted by molar-refractivity contribution is 5.77. The van der Waals surface area contributed by atoms with E-state index in [2.05, 4.69) is 4.98 Å². The molecule has 0 saturated carbocycles. The van der Waals surface area contributed by atoms with E-state index in [0.717, 1.165) is 44.1 Å². The molecule has 0 unspecified atom stereocenters. The summed E-state index contributed by atoms with van der Waals surface area (Å²) in [5.74, 6) is 1.48. The fourth-order valence-corrected chi connectivity index (χ4v) is 1.98. The summed E-state index contributed by atoms with van der Waals surface area (Å²) in [7, 11) is 0. The average molecular weight is 223 g/mol. The molecule has 0 amide bonds. The van der Waals surface area contributed by atoms with Crippen LogP contribution in [0.4, 0.5) is 0 Å². The van der Waals surface area contributed by atoms with Crippen molar-refractivity contribution in [3.05, 3.63) is 17.8 Å². The summed E-state index contributed by atoms with van der Waals surface area (Å²) in [5, 5.41) is 0. The molecule has 1 aliphatic heterocycles. The lowest BCUT2D eigenvalue weighted by Gasteiger charge is -2.20. The van der Waals surface area contributed by atoms with E-state index in [4.69, 9.17) is 9.15 Å². The highest BCUT2D eigenvalue weighted by atomic mass is 16.5. The fourth-order valence-electron chi connectivity index (χ4n) is 1.98. The Morgan fingerprint density at radius 3 is 2.94 bits per heavy atom. The topological polar surface area (TPSA) is 52.3 Å². The van der Waals surface area contributed by atoms with Crippen molar-refractivity contribution in [3.8, 4) is 0 Å². The summed E-state index contributed by atoms with van der Waals surface area (Å²) in [6, 6.07) is 0. The number of hydrogen-bond acceptors (Lipinski definition) is 4. The molecule has 0 aromatic carbocycles. The van der Waals surface area contributed by atoms with Crippen LogP contribution in [-0.4, -0.2) is 24.0 Å². The van der Waals surface area contributed by atoms with Gasteiger partial charge in [-0.1, -0.05) is 0 Å². The lowest BCUT2D eigenvalue weighted by molar-refractivity contribution is -0.116. The molecule has 0 N–H and O–H groups in total. The Kier molecular flexibility index (Phi) is 3.72. The molecule has 1 aromatic rings.